The van der Waals surface area contributed by atoms with Crippen LogP contribution in [0.4, 0.5) is 0 Å². The van der Waals surface area contributed by atoms with Crippen molar-refractivity contribution in [2.24, 2.45) is 5.92 Å². The van der Waals surface area contributed by atoms with Crippen LogP contribution in [0.2, 0.25) is 0 Å². The summed E-state index contributed by atoms with van der Waals surface area (Å²) < 4.78 is 11.1. The second-order valence-electron chi connectivity index (χ2n) is 6.81. The van der Waals surface area contributed by atoms with Crippen LogP contribution in [0, 0.1) is 17.2 Å². The highest BCUT2D eigenvalue weighted by Crippen LogP contribution is 2.28. The monoisotopic (exact) mass is 345 g/mol. The molecule has 0 bridgehead atoms. The summed E-state index contributed by atoms with van der Waals surface area (Å²) >= 11 is 0. The van der Waals surface area contributed by atoms with Gasteiger partial charge in [-0.3, -0.25) is 0 Å². The number of piperidine rings is 1. The average Bonchev–Trinajstić information content (AvgIpc) is 2.64. The fraction of sp³-hybridized carbons (Fsp3) is 0.650. The largest absolute Gasteiger partial charge is 0.493 e. The Labute approximate surface area is 151 Å². The van der Waals surface area contributed by atoms with E-state index in [1.54, 1.807) is 7.11 Å². The number of methoxy groups -OCH3 is 1. The fourth-order valence-corrected chi connectivity index (χ4v) is 3.17. The summed E-state index contributed by atoms with van der Waals surface area (Å²) in [6.07, 6.45) is 5.14. The van der Waals surface area contributed by atoms with Gasteiger partial charge in [-0.25, -0.2) is 0 Å². The molecular formula is C20H31N3O2. The van der Waals surface area contributed by atoms with Crippen LogP contribution in [-0.2, 0) is 6.54 Å². The molecule has 1 aliphatic rings. The molecular weight excluding hydrogens is 314 g/mol. The first-order valence-corrected chi connectivity index (χ1v) is 9.29. The fourth-order valence-electron chi connectivity index (χ4n) is 3.17. The third kappa shape index (κ3) is 6.93. The Hall–Kier alpha value is -1.77. The number of unbranched alkanes of at least 4 members (excludes halogenated alkanes) is 1. The van der Waals surface area contributed by atoms with Crippen molar-refractivity contribution in [3.05, 3.63) is 23.8 Å². The van der Waals surface area contributed by atoms with Gasteiger partial charge >= 0.3 is 0 Å². The molecule has 2 rings (SSSR count). The van der Waals surface area contributed by atoms with Crippen LogP contribution in [0.15, 0.2) is 18.2 Å². The topological polar surface area (TPSA) is 57.5 Å². The predicted molar refractivity (Wildman–Crippen MR) is 99.9 cm³/mol. The molecule has 138 valence electrons. The predicted octanol–water partition coefficient (Wildman–Crippen LogP) is 3.20. The quantitative estimate of drug-likeness (QED) is 0.660. The van der Waals surface area contributed by atoms with Gasteiger partial charge in [-0.15, -0.1) is 0 Å². The standard InChI is InChI=1S/C20H31N3O2/c1-23-12-8-17(9-13-23)7-11-22-16-18-5-6-19(24-2)20(15-18)25-14-4-3-10-21/h5-6,15,17,22H,3-4,7-9,11-14,16H2,1-2H3. The summed E-state index contributed by atoms with van der Waals surface area (Å²) in [5.74, 6) is 2.36. The Morgan fingerprint density at radius 2 is 2.08 bits per heavy atom. The zero-order valence-electron chi connectivity index (χ0n) is 15.6. The first-order valence-electron chi connectivity index (χ1n) is 9.29. The average molecular weight is 345 g/mol. The van der Waals surface area contributed by atoms with Gasteiger partial charge in [0.15, 0.2) is 11.5 Å². The van der Waals surface area contributed by atoms with Gasteiger partial charge in [-0.1, -0.05) is 6.07 Å². The Morgan fingerprint density at radius 3 is 2.80 bits per heavy atom. The molecule has 0 radical (unpaired) electrons. The molecule has 0 aromatic heterocycles. The van der Waals surface area contributed by atoms with Crippen LogP contribution < -0.4 is 14.8 Å². The van der Waals surface area contributed by atoms with E-state index in [1.807, 2.05) is 12.1 Å². The van der Waals surface area contributed by atoms with Crippen molar-refractivity contribution in [1.29, 1.82) is 5.26 Å². The Morgan fingerprint density at radius 1 is 1.28 bits per heavy atom. The van der Waals surface area contributed by atoms with Gasteiger partial charge in [0.1, 0.15) is 0 Å². The van der Waals surface area contributed by atoms with Gasteiger partial charge < -0.3 is 19.7 Å². The molecule has 0 atom stereocenters. The van der Waals surface area contributed by atoms with Gasteiger partial charge in [-0.2, -0.15) is 5.26 Å². The third-order valence-corrected chi connectivity index (χ3v) is 4.82. The second-order valence-corrected chi connectivity index (χ2v) is 6.81. The molecule has 25 heavy (non-hydrogen) atoms. The molecule has 0 unspecified atom stereocenters. The van der Waals surface area contributed by atoms with Crippen LogP contribution in [0.1, 0.15) is 37.7 Å². The lowest BCUT2D eigenvalue weighted by atomic mass is 9.94. The van der Waals surface area contributed by atoms with Crippen LogP contribution in [-0.4, -0.2) is 45.3 Å². The summed E-state index contributed by atoms with van der Waals surface area (Å²) in [5, 5.41) is 12.1. The van der Waals surface area contributed by atoms with Crippen LogP contribution in [0.3, 0.4) is 0 Å². The molecule has 1 saturated heterocycles. The number of ether oxygens (including phenoxy) is 2. The molecule has 0 saturated carbocycles. The van der Waals surface area contributed by atoms with Crippen LogP contribution >= 0.6 is 0 Å². The number of nitriles is 1. The number of nitrogens with zero attached hydrogens (tertiary/aromatic N) is 2. The number of likely N-dealkylation sites (tertiary alicyclic amines) is 1. The molecule has 1 aliphatic heterocycles. The van der Waals surface area contributed by atoms with Crippen molar-refractivity contribution < 1.29 is 9.47 Å². The number of hydrogen-bond acceptors (Lipinski definition) is 5. The Balaban J connectivity index is 1.74. The van der Waals surface area contributed by atoms with E-state index < -0.39 is 0 Å². The van der Waals surface area contributed by atoms with E-state index in [9.17, 15) is 0 Å². The van der Waals surface area contributed by atoms with E-state index in [0.29, 0.717) is 13.0 Å². The SMILES string of the molecule is COc1ccc(CNCCC2CCN(C)CC2)cc1OCCCC#N. The highest BCUT2D eigenvalue weighted by atomic mass is 16.5. The summed E-state index contributed by atoms with van der Waals surface area (Å²) in [6, 6.07) is 8.19. The maximum atomic E-state index is 8.60. The molecule has 5 nitrogen and oxygen atoms in total. The van der Waals surface area contributed by atoms with Crippen molar-refractivity contribution in [1.82, 2.24) is 10.2 Å². The van der Waals surface area contributed by atoms with Crippen LogP contribution in [0.5, 0.6) is 11.5 Å². The minimum absolute atomic E-state index is 0.514. The smallest absolute Gasteiger partial charge is 0.161 e. The van der Waals surface area contributed by atoms with E-state index in [-0.39, 0.29) is 0 Å². The van der Waals surface area contributed by atoms with Crippen LogP contribution in [0.25, 0.3) is 0 Å². The van der Waals surface area contributed by atoms with Gasteiger partial charge in [0.05, 0.1) is 19.8 Å². The summed E-state index contributed by atoms with van der Waals surface area (Å²) in [5.41, 5.74) is 1.19. The maximum absolute atomic E-state index is 8.60. The van der Waals surface area contributed by atoms with Crippen molar-refractivity contribution in [3.8, 4) is 17.6 Å². The highest BCUT2D eigenvalue weighted by Gasteiger charge is 2.15. The van der Waals surface area contributed by atoms with E-state index in [2.05, 4.69) is 29.4 Å². The lowest BCUT2D eigenvalue weighted by molar-refractivity contribution is 0.211. The van der Waals surface area contributed by atoms with Crippen molar-refractivity contribution in [2.75, 3.05) is 40.4 Å². The van der Waals surface area contributed by atoms with E-state index >= 15 is 0 Å². The molecule has 5 heteroatoms. The van der Waals surface area contributed by atoms with Crippen molar-refractivity contribution >= 4 is 0 Å². The van der Waals surface area contributed by atoms with Crippen molar-refractivity contribution in [2.45, 2.75) is 38.6 Å². The Kier molecular flexibility index (Phi) is 8.58. The second kappa shape index (κ2) is 11.0. The molecule has 1 fully saturated rings. The first kappa shape index (κ1) is 19.6. The normalized spacial score (nSPS) is 15.7. The molecule has 1 aromatic carbocycles. The molecule has 0 aliphatic carbocycles. The lowest BCUT2D eigenvalue weighted by Gasteiger charge is -2.28. The zero-order valence-corrected chi connectivity index (χ0v) is 15.6. The number of rotatable bonds is 10. The van der Waals surface area contributed by atoms with Gasteiger partial charge in [0.25, 0.3) is 0 Å². The third-order valence-electron chi connectivity index (χ3n) is 4.82. The number of hydrogen-bond donors (Lipinski definition) is 1. The zero-order chi connectivity index (χ0) is 17.9. The molecule has 1 N–H and O–H groups in total. The molecule has 1 aromatic rings. The summed E-state index contributed by atoms with van der Waals surface area (Å²) in [6.45, 7) is 4.90. The first-order chi connectivity index (χ1) is 12.2. The summed E-state index contributed by atoms with van der Waals surface area (Å²) in [7, 11) is 3.86. The Bertz CT molecular complexity index is 548. The minimum Gasteiger partial charge on any atom is -0.493 e. The van der Waals surface area contributed by atoms with Crippen molar-refractivity contribution in [3.63, 3.8) is 0 Å². The van der Waals surface area contributed by atoms with E-state index in [4.69, 9.17) is 14.7 Å². The number of benzene rings is 1. The lowest BCUT2D eigenvalue weighted by Crippen LogP contribution is -2.31. The van der Waals surface area contributed by atoms with E-state index in [0.717, 1.165) is 36.9 Å². The molecule has 0 spiro atoms. The van der Waals surface area contributed by atoms with Gasteiger partial charge in [0, 0.05) is 13.0 Å². The maximum Gasteiger partial charge on any atom is 0.161 e. The highest BCUT2D eigenvalue weighted by molar-refractivity contribution is 5.42. The minimum atomic E-state index is 0.514. The van der Waals surface area contributed by atoms with Gasteiger partial charge in [-0.05, 0) is 76.0 Å². The van der Waals surface area contributed by atoms with E-state index in [1.165, 1.54) is 37.9 Å². The molecule has 1 heterocycles. The molecule has 0 amide bonds. The summed E-state index contributed by atoms with van der Waals surface area (Å²) in [4.78, 5) is 2.42. The van der Waals surface area contributed by atoms with Gasteiger partial charge in [0.2, 0.25) is 0 Å². The number of nitrogens with one attached hydrogen (secondary N) is 1.